The highest BCUT2D eigenvalue weighted by molar-refractivity contribution is 7.85. The summed E-state index contributed by atoms with van der Waals surface area (Å²) in [4.78, 5) is 0. The zero-order valence-corrected chi connectivity index (χ0v) is 21.9. The van der Waals surface area contributed by atoms with Crippen LogP contribution in [0.2, 0.25) is 0 Å². The summed E-state index contributed by atoms with van der Waals surface area (Å²) in [6.45, 7) is 0. The van der Waals surface area contributed by atoms with Crippen LogP contribution in [0.5, 0.6) is 34.5 Å². The molecule has 0 saturated heterocycles. The summed E-state index contributed by atoms with van der Waals surface area (Å²) in [7, 11) is -3.22. The molecule has 0 N–H and O–H groups in total. The third-order valence-corrected chi connectivity index (χ3v) is 9.04. The lowest BCUT2D eigenvalue weighted by Gasteiger charge is -2.20. The van der Waals surface area contributed by atoms with Gasteiger partial charge >= 0.3 is 0 Å². The Morgan fingerprint density at radius 1 is 0.425 bits per heavy atom. The Morgan fingerprint density at radius 2 is 0.725 bits per heavy atom. The van der Waals surface area contributed by atoms with Gasteiger partial charge in [-0.1, -0.05) is 30.3 Å². The van der Waals surface area contributed by atoms with Crippen molar-refractivity contribution in [3.8, 4) is 47.0 Å². The van der Waals surface area contributed by atoms with Gasteiger partial charge in [0.25, 0.3) is 12.5 Å². The summed E-state index contributed by atoms with van der Waals surface area (Å²) < 4.78 is 36.2. The molecule has 8 heteroatoms. The van der Waals surface area contributed by atoms with Crippen LogP contribution >= 0.6 is 7.14 Å². The molecule has 5 rings (SSSR count). The fourth-order valence-electron chi connectivity index (χ4n) is 4.06. The van der Waals surface area contributed by atoms with Crippen LogP contribution in [0.15, 0.2) is 127 Å². The van der Waals surface area contributed by atoms with Crippen molar-refractivity contribution < 1.29 is 23.5 Å². The van der Waals surface area contributed by atoms with Crippen LogP contribution in [0, 0.1) is 23.0 Å². The van der Waals surface area contributed by atoms with E-state index in [2.05, 4.69) is 0 Å². The van der Waals surface area contributed by atoms with Crippen LogP contribution in [-0.2, 0) is 4.57 Å². The van der Waals surface area contributed by atoms with Crippen molar-refractivity contribution in [3.63, 3.8) is 0 Å². The molecule has 40 heavy (non-hydrogen) atoms. The third kappa shape index (κ3) is 5.81. The maximum absolute atomic E-state index is 14.8. The van der Waals surface area contributed by atoms with Crippen LogP contribution in [0.25, 0.3) is 0 Å². The molecular formula is C32H21N2O5P. The minimum Gasteiger partial charge on any atom is -0.457 e. The first kappa shape index (κ1) is 26.1. The van der Waals surface area contributed by atoms with Crippen molar-refractivity contribution >= 4 is 23.1 Å². The predicted octanol–water partition coefficient (Wildman–Crippen LogP) is 6.63. The van der Waals surface area contributed by atoms with E-state index < -0.39 is 7.14 Å². The fraction of sp³-hybridized carbons (Fsp3) is 0. The number of rotatable bonds is 9. The van der Waals surface area contributed by atoms with Gasteiger partial charge in [-0.25, -0.2) is 0 Å². The molecule has 5 aromatic rings. The van der Waals surface area contributed by atoms with E-state index in [9.17, 15) is 4.57 Å². The molecule has 0 atom stereocenters. The van der Waals surface area contributed by atoms with Gasteiger partial charge in [-0.3, -0.25) is 0 Å². The van der Waals surface area contributed by atoms with E-state index in [0.29, 0.717) is 50.4 Å². The average molecular weight is 545 g/mol. The number of ether oxygens (including phenoxy) is 4. The molecule has 0 spiro atoms. The number of hydrogen-bond acceptors (Lipinski definition) is 7. The summed E-state index contributed by atoms with van der Waals surface area (Å²) in [5.41, 5.74) is 0. The van der Waals surface area contributed by atoms with Crippen molar-refractivity contribution in [1.29, 1.82) is 10.5 Å². The lowest BCUT2D eigenvalue weighted by atomic mass is 10.3. The maximum Gasteiger partial charge on any atom is 0.292 e. The van der Waals surface area contributed by atoms with Gasteiger partial charge in [0.05, 0.1) is 0 Å². The zero-order chi connectivity index (χ0) is 27.8. The van der Waals surface area contributed by atoms with Crippen molar-refractivity contribution in [2.24, 2.45) is 0 Å². The smallest absolute Gasteiger partial charge is 0.292 e. The van der Waals surface area contributed by atoms with Crippen LogP contribution in [0.1, 0.15) is 0 Å². The second-order valence-electron chi connectivity index (χ2n) is 8.47. The molecule has 0 saturated carbocycles. The topological polar surface area (TPSA) is 102 Å². The Morgan fingerprint density at radius 3 is 1.07 bits per heavy atom. The van der Waals surface area contributed by atoms with Crippen LogP contribution in [0.4, 0.5) is 0 Å². The molecule has 0 aromatic heterocycles. The monoisotopic (exact) mass is 544 g/mol. The summed E-state index contributed by atoms with van der Waals surface area (Å²) >= 11 is 0. The Labute approximate surface area is 231 Å². The van der Waals surface area contributed by atoms with Gasteiger partial charge in [0.2, 0.25) is 0 Å². The maximum atomic E-state index is 14.8. The molecule has 7 nitrogen and oxygen atoms in total. The molecule has 0 aliphatic carbocycles. The number of nitrogens with zero attached hydrogens (tertiary/aromatic N) is 2. The normalized spacial score (nSPS) is 10.6. The molecule has 0 amide bonds. The van der Waals surface area contributed by atoms with E-state index in [4.69, 9.17) is 29.5 Å². The Kier molecular flexibility index (Phi) is 7.79. The van der Waals surface area contributed by atoms with E-state index >= 15 is 0 Å². The largest absolute Gasteiger partial charge is 0.457 e. The van der Waals surface area contributed by atoms with Crippen molar-refractivity contribution in [1.82, 2.24) is 0 Å². The first-order valence-electron chi connectivity index (χ1n) is 12.1. The average Bonchev–Trinajstić information content (AvgIpc) is 3.00. The van der Waals surface area contributed by atoms with Gasteiger partial charge in [0.15, 0.2) is 7.14 Å². The quantitative estimate of drug-likeness (QED) is 0.152. The minimum absolute atomic E-state index is 0.425. The molecule has 194 valence electrons. The van der Waals surface area contributed by atoms with Crippen molar-refractivity contribution in [2.45, 2.75) is 0 Å². The first-order chi connectivity index (χ1) is 19.6. The molecule has 0 aliphatic rings. The van der Waals surface area contributed by atoms with E-state index in [1.807, 2.05) is 54.6 Å². The Hall–Kier alpha value is -5.49. The second kappa shape index (κ2) is 11.9. The molecule has 0 bridgehead atoms. The minimum atomic E-state index is -3.22. The standard InChI is InChI=1S/C32H21N2O5P/c33-22-36-24-6-10-26(11-7-24)38-28-14-18-31(19-15-28)40(35,30-4-2-1-3-5-30)32-20-16-29(17-21-32)39-27-12-8-25(9-13-27)37-23-34/h1-21H. The Bertz CT molecular complexity index is 1600. The first-order valence-corrected chi connectivity index (χ1v) is 13.8. The van der Waals surface area contributed by atoms with E-state index in [0.717, 1.165) is 0 Å². The lowest BCUT2D eigenvalue weighted by molar-refractivity contribution is 0.477. The van der Waals surface area contributed by atoms with Crippen molar-refractivity contribution in [2.75, 3.05) is 0 Å². The van der Waals surface area contributed by atoms with Gasteiger partial charge in [-0.05, 0) is 97.1 Å². The summed E-state index contributed by atoms with van der Waals surface area (Å²) in [5.74, 6) is 3.15. The zero-order valence-electron chi connectivity index (χ0n) is 21.0. The SMILES string of the molecule is N#COc1ccc(Oc2ccc(P(=O)(c3ccccc3)c3ccc(Oc4ccc(OC#N)cc4)cc3)cc2)cc1. The summed E-state index contributed by atoms with van der Waals surface area (Å²) in [6.07, 6.45) is 3.27. The molecule has 5 aromatic carbocycles. The number of nitriles is 2. The van der Waals surface area contributed by atoms with Crippen LogP contribution < -0.4 is 34.9 Å². The van der Waals surface area contributed by atoms with Gasteiger partial charge < -0.3 is 23.5 Å². The highest BCUT2D eigenvalue weighted by Crippen LogP contribution is 2.43. The van der Waals surface area contributed by atoms with Crippen LogP contribution in [0.3, 0.4) is 0 Å². The van der Waals surface area contributed by atoms with Crippen LogP contribution in [-0.4, -0.2) is 0 Å². The van der Waals surface area contributed by atoms with E-state index in [1.165, 1.54) is 0 Å². The van der Waals surface area contributed by atoms with E-state index in [1.54, 1.807) is 85.3 Å². The molecule has 0 heterocycles. The highest BCUT2D eigenvalue weighted by Gasteiger charge is 2.29. The second-order valence-corrected chi connectivity index (χ2v) is 11.2. The molecule has 0 radical (unpaired) electrons. The third-order valence-electron chi connectivity index (χ3n) is 5.97. The molecular weight excluding hydrogens is 523 g/mol. The highest BCUT2D eigenvalue weighted by atomic mass is 31.2. The van der Waals surface area contributed by atoms with Gasteiger partial charge in [-0.2, -0.15) is 0 Å². The van der Waals surface area contributed by atoms with Gasteiger partial charge in [-0.15, -0.1) is 10.5 Å². The lowest BCUT2D eigenvalue weighted by Crippen LogP contribution is -2.24. The number of benzene rings is 5. The number of hydrogen-bond donors (Lipinski definition) is 0. The summed E-state index contributed by atoms with van der Waals surface area (Å²) in [5, 5.41) is 19.3. The predicted molar refractivity (Wildman–Crippen MR) is 151 cm³/mol. The molecule has 0 fully saturated rings. The van der Waals surface area contributed by atoms with Crippen molar-refractivity contribution in [3.05, 3.63) is 127 Å². The summed E-state index contributed by atoms with van der Waals surface area (Å²) in [6, 6.07) is 37.1. The molecule has 0 aliphatic heterocycles. The van der Waals surface area contributed by atoms with Gasteiger partial charge in [0, 0.05) is 15.9 Å². The van der Waals surface area contributed by atoms with Gasteiger partial charge in [0.1, 0.15) is 34.5 Å². The van der Waals surface area contributed by atoms with E-state index in [-0.39, 0.29) is 0 Å². The Balaban J connectivity index is 1.40. The molecule has 0 unspecified atom stereocenters. The fourth-order valence-corrected chi connectivity index (χ4v) is 6.69.